The molecule has 3 aromatic rings. The molecule has 1 aromatic carbocycles. The van der Waals surface area contributed by atoms with E-state index in [1.165, 1.54) is 5.56 Å². The average Bonchev–Trinajstić information content (AvgIpc) is 2.95. The molecule has 0 amide bonds. The van der Waals surface area contributed by atoms with Crippen LogP contribution in [0.4, 0.5) is 5.13 Å². The Kier molecular flexibility index (Phi) is 3.95. The zero-order valence-corrected chi connectivity index (χ0v) is 12.2. The highest BCUT2D eigenvalue weighted by atomic mass is 35.5. The Labute approximate surface area is 126 Å². The van der Waals surface area contributed by atoms with Crippen molar-refractivity contribution >= 4 is 28.1 Å². The van der Waals surface area contributed by atoms with Crippen LogP contribution in [0.1, 0.15) is 5.56 Å². The summed E-state index contributed by atoms with van der Waals surface area (Å²) in [5, 5.41) is 6.82. The zero-order valence-electron chi connectivity index (χ0n) is 10.6. The summed E-state index contributed by atoms with van der Waals surface area (Å²) in [6, 6.07) is 12.1. The standard InChI is InChI=1S/C15H12ClN3S/c16-13-9-17-7-6-12(13)14-10-20-15(19-14)18-8-11-4-2-1-3-5-11/h1-7,9-10H,8H2,(H,18,19). The molecule has 2 aromatic heterocycles. The van der Waals surface area contributed by atoms with Gasteiger partial charge in [-0.1, -0.05) is 41.9 Å². The quantitative estimate of drug-likeness (QED) is 0.772. The summed E-state index contributed by atoms with van der Waals surface area (Å²) in [5.74, 6) is 0. The van der Waals surface area contributed by atoms with Crippen molar-refractivity contribution in [2.75, 3.05) is 5.32 Å². The number of anilines is 1. The van der Waals surface area contributed by atoms with Gasteiger partial charge in [0.1, 0.15) is 0 Å². The molecule has 0 radical (unpaired) electrons. The van der Waals surface area contributed by atoms with Crippen LogP contribution in [0.5, 0.6) is 0 Å². The van der Waals surface area contributed by atoms with Gasteiger partial charge in [-0.2, -0.15) is 0 Å². The number of rotatable bonds is 4. The van der Waals surface area contributed by atoms with E-state index in [4.69, 9.17) is 11.6 Å². The third kappa shape index (κ3) is 2.98. The fraction of sp³-hybridized carbons (Fsp3) is 0.0667. The summed E-state index contributed by atoms with van der Waals surface area (Å²) in [6.07, 6.45) is 3.35. The Balaban J connectivity index is 1.73. The summed E-state index contributed by atoms with van der Waals surface area (Å²) in [5.41, 5.74) is 3.01. The Hall–Kier alpha value is -1.91. The second-order valence-corrected chi connectivity index (χ2v) is 5.50. The summed E-state index contributed by atoms with van der Waals surface area (Å²) in [4.78, 5) is 8.53. The van der Waals surface area contributed by atoms with Crippen molar-refractivity contribution in [2.45, 2.75) is 6.54 Å². The van der Waals surface area contributed by atoms with Gasteiger partial charge in [0.25, 0.3) is 0 Å². The zero-order chi connectivity index (χ0) is 13.8. The fourth-order valence-corrected chi connectivity index (χ4v) is 2.76. The van der Waals surface area contributed by atoms with Crippen molar-refractivity contribution in [2.24, 2.45) is 0 Å². The lowest BCUT2D eigenvalue weighted by molar-refractivity contribution is 1.13. The first-order chi connectivity index (χ1) is 9.83. The van der Waals surface area contributed by atoms with Crippen LogP contribution in [0.25, 0.3) is 11.3 Å². The normalized spacial score (nSPS) is 10.4. The van der Waals surface area contributed by atoms with Gasteiger partial charge in [-0.3, -0.25) is 4.98 Å². The van der Waals surface area contributed by atoms with E-state index in [0.29, 0.717) is 5.02 Å². The molecule has 20 heavy (non-hydrogen) atoms. The number of aromatic nitrogens is 2. The van der Waals surface area contributed by atoms with Crippen LogP contribution in [0.3, 0.4) is 0 Å². The van der Waals surface area contributed by atoms with E-state index < -0.39 is 0 Å². The van der Waals surface area contributed by atoms with Gasteiger partial charge >= 0.3 is 0 Å². The Bertz CT molecular complexity index is 697. The molecule has 0 atom stereocenters. The number of hydrogen-bond acceptors (Lipinski definition) is 4. The highest BCUT2D eigenvalue weighted by molar-refractivity contribution is 7.14. The van der Waals surface area contributed by atoms with Crippen LogP contribution in [-0.4, -0.2) is 9.97 Å². The second-order valence-electron chi connectivity index (χ2n) is 4.23. The second kappa shape index (κ2) is 6.03. The van der Waals surface area contributed by atoms with Crippen molar-refractivity contribution in [1.29, 1.82) is 0 Å². The predicted octanol–water partition coefficient (Wildman–Crippen LogP) is 4.47. The molecule has 0 aliphatic rings. The van der Waals surface area contributed by atoms with Crippen molar-refractivity contribution < 1.29 is 0 Å². The van der Waals surface area contributed by atoms with Crippen molar-refractivity contribution in [1.82, 2.24) is 9.97 Å². The number of nitrogens with one attached hydrogen (secondary N) is 1. The molecule has 100 valence electrons. The highest BCUT2D eigenvalue weighted by Gasteiger charge is 2.07. The van der Waals surface area contributed by atoms with Crippen LogP contribution in [-0.2, 0) is 6.54 Å². The molecule has 2 heterocycles. The van der Waals surface area contributed by atoms with E-state index in [1.54, 1.807) is 23.7 Å². The molecule has 5 heteroatoms. The molecule has 0 saturated carbocycles. The van der Waals surface area contributed by atoms with E-state index in [9.17, 15) is 0 Å². The molecular weight excluding hydrogens is 290 g/mol. The van der Waals surface area contributed by atoms with Crippen LogP contribution < -0.4 is 5.32 Å². The number of pyridine rings is 1. The van der Waals surface area contributed by atoms with Gasteiger partial charge in [-0.05, 0) is 11.6 Å². The molecule has 3 nitrogen and oxygen atoms in total. The predicted molar refractivity (Wildman–Crippen MR) is 84.1 cm³/mol. The number of nitrogens with zero attached hydrogens (tertiary/aromatic N) is 2. The van der Waals surface area contributed by atoms with Crippen molar-refractivity contribution in [3.8, 4) is 11.3 Å². The Morgan fingerprint density at radius 3 is 2.80 bits per heavy atom. The first-order valence-corrected chi connectivity index (χ1v) is 7.42. The SMILES string of the molecule is Clc1cnccc1-c1csc(NCc2ccccc2)n1. The van der Waals surface area contributed by atoms with Gasteiger partial charge in [0.05, 0.1) is 10.7 Å². The maximum atomic E-state index is 6.12. The molecule has 3 rings (SSSR count). The van der Waals surface area contributed by atoms with Gasteiger partial charge in [0, 0.05) is 29.9 Å². The van der Waals surface area contributed by atoms with E-state index in [-0.39, 0.29) is 0 Å². The number of benzene rings is 1. The molecule has 0 unspecified atom stereocenters. The molecule has 0 aliphatic heterocycles. The van der Waals surface area contributed by atoms with Crippen LogP contribution in [0, 0.1) is 0 Å². The number of hydrogen-bond donors (Lipinski definition) is 1. The molecule has 0 aliphatic carbocycles. The lowest BCUT2D eigenvalue weighted by Crippen LogP contribution is -1.98. The molecule has 0 fully saturated rings. The molecule has 0 bridgehead atoms. The third-order valence-corrected chi connectivity index (χ3v) is 3.94. The molecular formula is C15H12ClN3S. The first-order valence-electron chi connectivity index (χ1n) is 6.16. The highest BCUT2D eigenvalue weighted by Crippen LogP contribution is 2.29. The number of halogens is 1. The minimum atomic E-state index is 0.618. The topological polar surface area (TPSA) is 37.8 Å². The maximum absolute atomic E-state index is 6.12. The lowest BCUT2D eigenvalue weighted by atomic mass is 10.2. The van der Waals surface area contributed by atoms with Crippen molar-refractivity contribution in [3.05, 3.63) is 64.8 Å². The molecule has 1 N–H and O–H groups in total. The maximum Gasteiger partial charge on any atom is 0.183 e. The largest absolute Gasteiger partial charge is 0.357 e. The van der Waals surface area contributed by atoms with Gasteiger partial charge in [-0.25, -0.2) is 4.98 Å². The smallest absolute Gasteiger partial charge is 0.183 e. The first kappa shape index (κ1) is 13.1. The Morgan fingerprint density at radius 2 is 2.00 bits per heavy atom. The van der Waals surface area contributed by atoms with Gasteiger partial charge in [0.15, 0.2) is 5.13 Å². The summed E-state index contributed by atoms with van der Waals surface area (Å²) in [7, 11) is 0. The van der Waals surface area contributed by atoms with Gasteiger partial charge in [-0.15, -0.1) is 11.3 Å². The van der Waals surface area contributed by atoms with Crippen LogP contribution in [0.2, 0.25) is 5.02 Å². The van der Waals surface area contributed by atoms with Crippen LogP contribution in [0.15, 0.2) is 54.2 Å². The summed E-state index contributed by atoms with van der Waals surface area (Å²) in [6.45, 7) is 0.762. The van der Waals surface area contributed by atoms with E-state index in [0.717, 1.165) is 22.9 Å². The summed E-state index contributed by atoms with van der Waals surface area (Å²) >= 11 is 7.69. The monoisotopic (exact) mass is 301 g/mol. The van der Waals surface area contributed by atoms with E-state index in [1.807, 2.05) is 29.6 Å². The third-order valence-electron chi connectivity index (χ3n) is 2.84. The molecule has 0 saturated heterocycles. The minimum absolute atomic E-state index is 0.618. The lowest BCUT2D eigenvalue weighted by Gasteiger charge is -2.02. The summed E-state index contributed by atoms with van der Waals surface area (Å²) < 4.78 is 0. The van der Waals surface area contributed by atoms with E-state index >= 15 is 0 Å². The van der Waals surface area contributed by atoms with Gasteiger partial charge < -0.3 is 5.32 Å². The number of thiazole rings is 1. The van der Waals surface area contributed by atoms with E-state index in [2.05, 4.69) is 27.4 Å². The molecule has 0 spiro atoms. The Morgan fingerprint density at radius 1 is 1.15 bits per heavy atom. The van der Waals surface area contributed by atoms with Crippen molar-refractivity contribution in [3.63, 3.8) is 0 Å². The van der Waals surface area contributed by atoms with Gasteiger partial charge in [0.2, 0.25) is 0 Å². The van der Waals surface area contributed by atoms with Crippen LogP contribution >= 0.6 is 22.9 Å². The minimum Gasteiger partial charge on any atom is -0.357 e. The fourth-order valence-electron chi connectivity index (χ4n) is 1.84. The average molecular weight is 302 g/mol.